The first-order valence-electron chi connectivity index (χ1n) is 15.7. The fourth-order valence-corrected chi connectivity index (χ4v) is 5.69. The molecular formula is C32H42N6O9. The van der Waals surface area contributed by atoms with E-state index in [2.05, 4.69) is 10.3 Å². The third kappa shape index (κ3) is 8.65. The fraction of sp³-hybridized carbons (Fsp3) is 0.531. The van der Waals surface area contributed by atoms with Crippen molar-refractivity contribution in [2.45, 2.75) is 51.6 Å². The molecule has 2 fully saturated rings. The Morgan fingerprint density at radius 2 is 1.74 bits per heavy atom. The number of aromatic nitrogens is 1. The number of hydrogen-bond acceptors (Lipinski definition) is 9. The number of amides is 5. The van der Waals surface area contributed by atoms with E-state index < -0.39 is 36.0 Å². The molecule has 0 unspecified atom stereocenters. The minimum absolute atomic E-state index is 0.0901. The summed E-state index contributed by atoms with van der Waals surface area (Å²) in [5.74, 6) is -2.65. The normalized spacial score (nSPS) is 16.9. The smallest absolute Gasteiger partial charge is 0.409 e. The molecule has 2 N–H and O–H groups in total. The van der Waals surface area contributed by atoms with Crippen molar-refractivity contribution in [1.29, 1.82) is 0 Å². The minimum atomic E-state index is -1.17. The number of aliphatic carboxylic acids is 1. The van der Waals surface area contributed by atoms with Gasteiger partial charge in [-0.3, -0.25) is 24.0 Å². The maximum absolute atomic E-state index is 13.6. The van der Waals surface area contributed by atoms with E-state index in [-0.39, 0.29) is 75.5 Å². The van der Waals surface area contributed by atoms with Gasteiger partial charge in [-0.15, -0.1) is 0 Å². The van der Waals surface area contributed by atoms with Crippen LogP contribution in [0.4, 0.5) is 4.79 Å². The second kappa shape index (κ2) is 15.6. The maximum Gasteiger partial charge on any atom is 0.409 e. The molecule has 15 heteroatoms. The summed E-state index contributed by atoms with van der Waals surface area (Å²) < 4.78 is 11.0. The summed E-state index contributed by atoms with van der Waals surface area (Å²) in [6.07, 6.45) is 0.253. The molecule has 5 amide bonds. The van der Waals surface area contributed by atoms with E-state index >= 15 is 0 Å². The molecule has 4 rings (SSSR count). The molecule has 2 aliphatic rings. The Morgan fingerprint density at radius 3 is 2.40 bits per heavy atom. The molecule has 254 valence electrons. The van der Waals surface area contributed by atoms with E-state index in [0.717, 1.165) is 5.56 Å². The fourth-order valence-electron chi connectivity index (χ4n) is 5.69. The van der Waals surface area contributed by atoms with Gasteiger partial charge >= 0.3 is 12.1 Å². The zero-order valence-corrected chi connectivity index (χ0v) is 27.2. The molecule has 1 aromatic heterocycles. The number of ether oxygens (including phenoxy) is 2. The number of nitrogens with one attached hydrogen (secondary N) is 1. The number of carbonyl (C=O) groups is 6. The number of nitrogens with zero attached hydrogens (tertiary/aromatic N) is 5. The number of carboxylic acid groups (broad SMARTS) is 1. The Kier molecular flexibility index (Phi) is 11.6. The second-order valence-corrected chi connectivity index (χ2v) is 11.8. The number of aryl methyl sites for hydroxylation is 1. The van der Waals surface area contributed by atoms with Crippen LogP contribution in [0.2, 0.25) is 0 Å². The van der Waals surface area contributed by atoms with Crippen molar-refractivity contribution in [3.63, 3.8) is 0 Å². The van der Waals surface area contributed by atoms with Crippen LogP contribution in [-0.2, 0) is 23.9 Å². The summed E-state index contributed by atoms with van der Waals surface area (Å²) in [6, 6.07) is 5.00. The zero-order chi connectivity index (χ0) is 34.2. The molecule has 15 nitrogen and oxygen atoms in total. The summed E-state index contributed by atoms with van der Waals surface area (Å²) in [6.45, 7) is 4.69. The first-order valence-corrected chi connectivity index (χ1v) is 15.7. The van der Waals surface area contributed by atoms with Gasteiger partial charge in [0, 0.05) is 64.7 Å². The van der Waals surface area contributed by atoms with E-state index in [1.54, 1.807) is 33.2 Å². The van der Waals surface area contributed by atoms with Crippen LogP contribution in [-0.4, -0.2) is 137 Å². The van der Waals surface area contributed by atoms with Gasteiger partial charge in [-0.2, -0.15) is 0 Å². The van der Waals surface area contributed by atoms with Crippen LogP contribution in [0.15, 0.2) is 24.3 Å². The molecule has 0 saturated carbocycles. The van der Waals surface area contributed by atoms with E-state index in [1.807, 2.05) is 13.0 Å². The van der Waals surface area contributed by atoms with E-state index in [9.17, 15) is 33.9 Å². The van der Waals surface area contributed by atoms with Crippen molar-refractivity contribution in [3.05, 3.63) is 35.5 Å². The molecule has 2 atom stereocenters. The largest absolute Gasteiger partial charge is 0.483 e. The standard InChI is InChI=1S/C32H42N6O9/c1-5-46-32(45)37-15-13-36(14-16-37)30(43)22(10-11-28(40)41)34-29(42)24-18-26(21-9-8-20(2)17-23(21)33-24)47-19-27(39)38-12-6-7-25(38)31(44)35(3)4/h8-9,17-18,22,25H,5-7,10-16,19H2,1-4H3,(H,34,42)(H,40,41)/t22-,25-/m0/s1. The Bertz CT molecular complexity index is 1520. The summed E-state index contributed by atoms with van der Waals surface area (Å²) >= 11 is 0. The van der Waals surface area contributed by atoms with Crippen molar-refractivity contribution in [3.8, 4) is 5.75 Å². The lowest BCUT2D eigenvalue weighted by Gasteiger charge is -2.35. The quantitative estimate of drug-likeness (QED) is 0.358. The molecule has 2 aromatic rings. The lowest BCUT2D eigenvalue weighted by Crippen LogP contribution is -2.56. The molecule has 47 heavy (non-hydrogen) atoms. The lowest BCUT2D eigenvalue weighted by atomic mass is 10.1. The van der Waals surface area contributed by atoms with Gasteiger partial charge in [-0.05, 0) is 50.8 Å². The third-order valence-electron chi connectivity index (χ3n) is 8.18. The predicted octanol–water partition coefficient (Wildman–Crippen LogP) is 1.27. The molecule has 0 aliphatic carbocycles. The zero-order valence-electron chi connectivity index (χ0n) is 27.2. The van der Waals surface area contributed by atoms with Crippen molar-refractivity contribution in [2.75, 3.05) is 60.0 Å². The van der Waals surface area contributed by atoms with Crippen molar-refractivity contribution in [2.24, 2.45) is 0 Å². The number of likely N-dealkylation sites (tertiary alicyclic amines) is 1. The van der Waals surface area contributed by atoms with Gasteiger partial charge in [0.2, 0.25) is 11.8 Å². The Labute approximate surface area is 272 Å². The van der Waals surface area contributed by atoms with Gasteiger partial charge in [0.25, 0.3) is 11.8 Å². The van der Waals surface area contributed by atoms with E-state index in [0.29, 0.717) is 30.3 Å². The molecule has 0 spiro atoms. The molecule has 0 bridgehead atoms. The molecular weight excluding hydrogens is 612 g/mol. The first-order chi connectivity index (χ1) is 22.4. The highest BCUT2D eigenvalue weighted by atomic mass is 16.6. The average molecular weight is 655 g/mol. The number of likely N-dealkylation sites (N-methyl/N-ethyl adjacent to an activating group) is 1. The number of hydrogen-bond donors (Lipinski definition) is 2. The summed E-state index contributed by atoms with van der Waals surface area (Å²) in [4.78, 5) is 86.7. The Morgan fingerprint density at radius 1 is 1.04 bits per heavy atom. The van der Waals surface area contributed by atoms with Gasteiger partial charge in [-0.25, -0.2) is 9.78 Å². The average Bonchev–Trinajstić information content (AvgIpc) is 3.54. The van der Waals surface area contributed by atoms with Gasteiger partial charge in [0.15, 0.2) is 6.61 Å². The summed E-state index contributed by atoms with van der Waals surface area (Å²) in [7, 11) is 3.28. The van der Waals surface area contributed by atoms with Gasteiger partial charge in [0.05, 0.1) is 12.1 Å². The predicted molar refractivity (Wildman–Crippen MR) is 169 cm³/mol. The van der Waals surface area contributed by atoms with Crippen LogP contribution in [0.1, 0.15) is 48.7 Å². The number of rotatable bonds is 11. The Balaban J connectivity index is 1.52. The third-order valence-corrected chi connectivity index (χ3v) is 8.18. The number of piperazine rings is 1. The Hall–Kier alpha value is -4.95. The van der Waals surface area contributed by atoms with Crippen molar-refractivity contribution in [1.82, 2.24) is 29.9 Å². The van der Waals surface area contributed by atoms with Crippen LogP contribution < -0.4 is 10.1 Å². The second-order valence-electron chi connectivity index (χ2n) is 11.8. The summed E-state index contributed by atoms with van der Waals surface area (Å²) in [5, 5.41) is 12.5. The van der Waals surface area contributed by atoms with Crippen LogP contribution in [0.25, 0.3) is 10.9 Å². The monoisotopic (exact) mass is 654 g/mol. The molecule has 2 aliphatic heterocycles. The number of carbonyl (C=O) groups excluding carboxylic acids is 5. The minimum Gasteiger partial charge on any atom is -0.483 e. The van der Waals surface area contributed by atoms with Gasteiger partial charge in [-0.1, -0.05) is 6.07 Å². The van der Waals surface area contributed by atoms with Gasteiger partial charge < -0.3 is 39.5 Å². The lowest BCUT2D eigenvalue weighted by molar-refractivity contribution is -0.143. The van der Waals surface area contributed by atoms with Crippen LogP contribution in [0.3, 0.4) is 0 Å². The highest BCUT2D eigenvalue weighted by Gasteiger charge is 2.35. The topological polar surface area (TPSA) is 179 Å². The number of pyridine rings is 1. The number of benzene rings is 1. The van der Waals surface area contributed by atoms with Crippen molar-refractivity contribution >= 4 is 46.6 Å². The SMILES string of the molecule is CCOC(=O)N1CCN(C(=O)[C@H](CCC(=O)O)NC(=O)c2cc(OCC(=O)N3CCC[C@H]3C(=O)N(C)C)c3ccc(C)cc3n2)CC1. The van der Waals surface area contributed by atoms with E-state index in [1.165, 1.54) is 25.7 Å². The molecule has 0 radical (unpaired) electrons. The first kappa shape index (κ1) is 34.9. The van der Waals surface area contributed by atoms with Crippen LogP contribution >= 0.6 is 0 Å². The molecule has 3 heterocycles. The highest BCUT2D eigenvalue weighted by Crippen LogP contribution is 2.27. The number of carboxylic acids is 1. The highest BCUT2D eigenvalue weighted by molar-refractivity contribution is 5.99. The van der Waals surface area contributed by atoms with Crippen molar-refractivity contribution < 1.29 is 43.3 Å². The molecule has 1 aromatic carbocycles. The maximum atomic E-state index is 13.6. The molecule has 2 saturated heterocycles. The van der Waals surface area contributed by atoms with Gasteiger partial charge in [0.1, 0.15) is 23.5 Å². The number of fused-ring (bicyclic) bond motifs is 1. The van der Waals surface area contributed by atoms with Crippen LogP contribution in [0.5, 0.6) is 5.75 Å². The van der Waals surface area contributed by atoms with E-state index in [4.69, 9.17) is 9.47 Å². The van der Waals surface area contributed by atoms with Crippen LogP contribution in [0, 0.1) is 6.92 Å². The summed E-state index contributed by atoms with van der Waals surface area (Å²) in [5.41, 5.74) is 1.20.